The molecule has 0 aromatic heterocycles. The molecule has 25 heavy (non-hydrogen) atoms. The molecule has 0 saturated carbocycles. The molecule has 6 nitrogen and oxygen atoms in total. The molecule has 2 atom stereocenters. The van der Waals surface area contributed by atoms with E-state index in [1.54, 1.807) is 4.90 Å². The van der Waals surface area contributed by atoms with Gasteiger partial charge in [0.2, 0.25) is 11.8 Å². The third-order valence-electron chi connectivity index (χ3n) is 5.41. The fourth-order valence-corrected chi connectivity index (χ4v) is 3.74. The van der Waals surface area contributed by atoms with Crippen LogP contribution in [0.3, 0.4) is 0 Å². The topological polar surface area (TPSA) is 72.9 Å². The summed E-state index contributed by atoms with van der Waals surface area (Å²) in [6.45, 7) is 6.73. The first-order chi connectivity index (χ1) is 12.0. The molecule has 6 heteroatoms. The maximum absolute atomic E-state index is 12.4. The average Bonchev–Trinajstić information content (AvgIpc) is 3.21. The highest BCUT2D eigenvalue weighted by atomic mass is 16.3. The molecule has 2 N–H and O–H groups in total. The molecule has 0 radical (unpaired) electrons. The Kier molecular flexibility index (Phi) is 5.39. The number of likely N-dealkylation sites (tertiary alicyclic amines) is 2. The van der Waals surface area contributed by atoms with Crippen molar-refractivity contribution in [2.24, 2.45) is 0 Å². The zero-order chi connectivity index (χ0) is 18.0. The second kappa shape index (κ2) is 7.54. The van der Waals surface area contributed by atoms with Crippen LogP contribution in [0.5, 0.6) is 0 Å². The van der Waals surface area contributed by atoms with Gasteiger partial charge in [-0.05, 0) is 57.0 Å². The van der Waals surface area contributed by atoms with Crippen molar-refractivity contribution < 1.29 is 14.7 Å². The molecule has 1 aromatic rings. The van der Waals surface area contributed by atoms with Gasteiger partial charge in [0.25, 0.3) is 0 Å². The van der Waals surface area contributed by atoms with Crippen LogP contribution in [0.2, 0.25) is 0 Å². The summed E-state index contributed by atoms with van der Waals surface area (Å²) in [6, 6.07) is 5.72. The van der Waals surface area contributed by atoms with E-state index in [4.69, 9.17) is 0 Å². The number of β-amino-alcohol motifs (C(OH)–C–C–N with tert-alkyl or cyclic N) is 1. The van der Waals surface area contributed by atoms with Gasteiger partial charge in [-0.1, -0.05) is 12.1 Å². The maximum atomic E-state index is 12.4. The van der Waals surface area contributed by atoms with Gasteiger partial charge < -0.3 is 15.3 Å². The monoisotopic (exact) mass is 345 g/mol. The number of hydrogen-bond donors (Lipinski definition) is 2. The first-order valence-electron chi connectivity index (χ1n) is 9.01. The van der Waals surface area contributed by atoms with Gasteiger partial charge in [-0.25, -0.2) is 0 Å². The molecule has 3 rings (SSSR count). The Morgan fingerprint density at radius 2 is 1.92 bits per heavy atom. The Morgan fingerprint density at radius 1 is 1.20 bits per heavy atom. The third kappa shape index (κ3) is 4.02. The lowest BCUT2D eigenvalue weighted by Crippen LogP contribution is -2.41. The number of nitrogens with one attached hydrogen (secondary N) is 1. The molecular formula is C19H27N3O3. The Bertz CT molecular complexity index is 655. The van der Waals surface area contributed by atoms with E-state index in [0.717, 1.165) is 42.7 Å². The summed E-state index contributed by atoms with van der Waals surface area (Å²) in [5.41, 5.74) is 2.85. The van der Waals surface area contributed by atoms with Crippen LogP contribution in [-0.4, -0.2) is 65.0 Å². The van der Waals surface area contributed by atoms with Crippen LogP contribution < -0.4 is 5.32 Å². The lowest BCUT2D eigenvalue weighted by atomic mass is 10.1. The van der Waals surface area contributed by atoms with Crippen LogP contribution in [0.15, 0.2) is 18.2 Å². The number of hydrogen-bond acceptors (Lipinski definition) is 4. The summed E-state index contributed by atoms with van der Waals surface area (Å²) < 4.78 is 0. The van der Waals surface area contributed by atoms with Gasteiger partial charge in [0.1, 0.15) is 6.42 Å². The van der Waals surface area contributed by atoms with E-state index >= 15 is 0 Å². The number of benzene rings is 1. The summed E-state index contributed by atoms with van der Waals surface area (Å²) in [6.07, 6.45) is 1.58. The molecule has 2 saturated heterocycles. The van der Waals surface area contributed by atoms with Crippen LogP contribution in [0.1, 0.15) is 30.4 Å². The van der Waals surface area contributed by atoms with Crippen molar-refractivity contribution >= 4 is 17.5 Å². The predicted molar refractivity (Wildman–Crippen MR) is 96.3 cm³/mol. The number of aliphatic hydroxyl groups excluding tert-OH is 1. The van der Waals surface area contributed by atoms with Gasteiger partial charge in [-0.15, -0.1) is 0 Å². The highest BCUT2D eigenvalue weighted by Crippen LogP contribution is 2.22. The molecule has 0 bridgehead atoms. The van der Waals surface area contributed by atoms with E-state index in [1.807, 2.05) is 32.0 Å². The van der Waals surface area contributed by atoms with Crippen LogP contribution in [0.4, 0.5) is 5.69 Å². The SMILES string of the molecule is Cc1cccc(NC(=O)CC(=O)N2C[C@H](O)[C@@H](N3CCCC3)C2)c1C. The van der Waals surface area contributed by atoms with Crippen molar-refractivity contribution in [1.82, 2.24) is 9.80 Å². The quantitative estimate of drug-likeness (QED) is 0.807. The average molecular weight is 345 g/mol. The number of carbonyl (C=O) groups is 2. The van der Waals surface area contributed by atoms with Crippen LogP contribution in [0.25, 0.3) is 0 Å². The lowest BCUT2D eigenvalue weighted by molar-refractivity contribution is -0.134. The van der Waals surface area contributed by atoms with Crippen molar-refractivity contribution in [1.29, 1.82) is 0 Å². The summed E-state index contributed by atoms with van der Waals surface area (Å²) >= 11 is 0. The van der Waals surface area contributed by atoms with E-state index in [1.165, 1.54) is 0 Å². The predicted octanol–water partition coefficient (Wildman–Crippen LogP) is 1.30. The smallest absolute Gasteiger partial charge is 0.233 e. The molecular weight excluding hydrogens is 318 g/mol. The molecule has 0 spiro atoms. The third-order valence-corrected chi connectivity index (χ3v) is 5.41. The van der Waals surface area contributed by atoms with E-state index < -0.39 is 6.10 Å². The molecule has 0 aliphatic carbocycles. The fourth-order valence-electron chi connectivity index (χ4n) is 3.74. The highest BCUT2D eigenvalue weighted by Gasteiger charge is 2.38. The minimum Gasteiger partial charge on any atom is -0.390 e. The lowest BCUT2D eigenvalue weighted by Gasteiger charge is -2.25. The van der Waals surface area contributed by atoms with Crippen LogP contribution >= 0.6 is 0 Å². The zero-order valence-corrected chi connectivity index (χ0v) is 15.0. The van der Waals surface area contributed by atoms with Crippen LogP contribution in [-0.2, 0) is 9.59 Å². The van der Waals surface area contributed by atoms with Crippen molar-refractivity contribution in [3.63, 3.8) is 0 Å². The van der Waals surface area contributed by atoms with Gasteiger partial charge in [0.15, 0.2) is 0 Å². The van der Waals surface area contributed by atoms with Gasteiger partial charge in [0, 0.05) is 18.8 Å². The standard InChI is InChI=1S/C19H27N3O3/c1-13-6-5-7-15(14(13)2)20-18(24)10-19(25)22-11-16(17(23)12-22)21-8-3-4-9-21/h5-7,16-17,23H,3-4,8-12H2,1-2H3,(H,20,24)/t16-,17-/m0/s1. The van der Waals surface area contributed by atoms with Crippen molar-refractivity contribution in [2.45, 2.75) is 45.3 Å². The normalized spacial score (nSPS) is 23.9. The first kappa shape index (κ1) is 17.9. The number of carbonyl (C=O) groups excluding carboxylic acids is 2. The number of rotatable bonds is 4. The summed E-state index contributed by atoms with van der Waals surface area (Å²) in [7, 11) is 0. The largest absolute Gasteiger partial charge is 0.390 e. The second-order valence-corrected chi connectivity index (χ2v) is 7.15. The molecule has 2 aliphatic heterocycles. The molecule has 0 unspecified atom stereocenters. The Labute approximate surface area is 148 Å². The number of amides is 2. The maximum Gasteiger partial charge on any atom is 0.233 e. The van der Waals surface area contributed by atoms with Gasteiger partial charge in [-0.2, -0.15) is 0 Å². The second-order valence-electron chi connectivity index (χ2n) is 7.15. The summed E-state index contributed by atoms with van der Waals surface area (Å²) in [5.74, 6) is -0.527. The Balaban J connectivity index is 1.55. The minimum absolute atomic E-state index is 0.00790. The van der Waals surface area contributed by atoms with E-state index in [-0.39, 0.29) is 24.3 Å². The van der Waals surface area contributed by atoms with E-state index in [0.29, 0.717) is 13.1 Å². The number of nitrogens with zero attached hydrogens (tertiary/aromatic N) is 2. The van der Waals surface area contributed by atoms with Crippen molar-refractivity contribution in [3.8, 4) is 0 Å². The summed E-state index contributed by atoms with van der Waals surface area (Å²) in [5, 5.41) is 13.1. The zero-order valence-electron chi connectivity index (χ0n) is 15.0. The van der Waals surface area contributed by atoms with E-state index in [2.05, 4.69) is 10.2 Å². The molecule has 1 aromatic carbocycles. The van der Waals surface area contributed by atoms with Crippen molar-refractivity contribution in [3.05, 3.63) is 29.3 Å². The van der Waals surface area contributed by atoms with E-state index in [9.17, 15) is 14.7 Å². The highest BCUT2D eigenvalue weighted by molar-refractivity contribution is 6.04. The van der Waals surface area contributed by atoms with Gasteiger partial charge in [-0.3, -0.25) is 14.5 Å². The first-order valence-corrected chi connectivity index (χ1v) is 9.01. The van der Waals surface area contributed by atoms with Crippen LogP contribution in [0, 0.1) is 13.8 Å². The number of aliphatic hydroxyl groups is 1. The number of aryl methyl sites for hydroxylation is 1. The fraction of sp³-hybridized carbons (Fsp3) is 0.579. The molecule has 2 amide bonds. The Morgan fingerprint density at radius 3 is 2.64 bits per heavy atom. The summed E-state index contributed by atoms with van der Waals surface area (Å²) in [4.78, 5) is 28.5. The minimum atomic E-state index is -0.524. The Hall–Kier alpha value is -1.92. The molecule has 136 valence electrons. The molecule has 2 fully saturated rings. The van der Waals surface area contributed by atoms with Crippen molar-refractivity contribution in [2.75, 3.05) is 31.5 Å². The van der Waals surface area contributed by atoms with Gasteiger partial charge >= 0.3 is 0 Å². The number of anilines is 1. The molecule has 2 aliphatic rings. The van der Waals surface area contributed by atoms with Gasteiger partial charge in [0.05, 0.1) is 12.1 Å². The molecule has 2 heterocycles.